The second-order valence-corrected chi connectivity index (χ2v) is 5.77. The predicted octanol–water partition coefficient (Wildman–Crippen LogP) is 3.38. The van der Waals surface area contributed by atoms with Gasteiger partial charge in [0.1, 0.15) is 0 Å². The van der Waals surface area contributed by atoms with Gasteiger partial charge in [-0.05, 0) is 40.2 Å². The Kier molecular flexibility index (Phi) is 4.93. The van der Waals surface area contributed by atoms with Gasteiger partial charge in [0.2, 0.25) is 0 Å². The Morgan fingerprint density at radius 3 is 2.42 bits per heavy atom. The van der Waals surface area contributed by atoms with Crippen molar-refractivity contribution in [2.75, 3.05) is 7.11 Å². The van der Waals surface area contributed by atoms with Crippen LogP contribution in [-0.4, -0.2) is 23.7 Å². The third-order valence-electron chi connectivity index (χ3n) is 2.57. The first kappa shape index (κ1) is 15.9. The maximum Gasteiger partial charge on any atom is 0.339 e. The smallest absolute Gasteiger partial charge is 0.339 e. The van der Waals surface area contributed by atoms with Crippen molar-refractivity contribution in [2.24, 2.45) is 0 Å². The Labute approximate surface area is 119 Å². The number of rotatable bonds is 3. The highest BCUT2D eigenvalue weighted by Crippen LogP contribution is 2.33. The second-order valence-electron chi connectivity index (χ2n) is 5.39. The van der Waals surface area contributed by atoms with E-state index in [1.165, 1.54) is 7.11 Å². The summed E-state index contributed by atoms with van der Waals surface area (Å²) in [5.41, 5.74) is 1.53. The molecule has 0 fully saturated rings. The minimum Gasteiger partial charge on any atom is -0.467 e. The summed E-state index contributed by atoms with van der Waals surface area (Å²) < 4.78 is 10.6. The number of esters is 1. The molecule has 106 valence electrons. The lowest BCUT2D eigenvalue weighted by atomic mass is 10.0. The lowest BCUT2D eigenvalue weighted by Crippen LogP contribution is -2.29. The van der Waals surface area contributed by atoms with Crippen LogP contribution >= 0.6 is 11.6 Å². The van der Waals surface area contributed by atoms with Crippen LogP contribution in [0.5, 0.6) is 0 Å². The molecule has 0 aliphatic rings. The van der Waals surface area contributed by atoms with Crippen LogP contribution in [0, 0.1) is 13.8 Å². The maximum absolute atomic E-state index is 12.0. The van der Waals surface area contributed by atoms with Crippen LogP contribution in [0.2, 0.25) is 5.02 Å². The summed E-state index contributed by atoms with van der Waals surface area (Å²) in [6.45, 7) is 9.24. The van der Waals surface area contributed by atoms with E-state index in [0.717, 1.165) is 5.56 Å². The van der Waals surface area contributed by atoms with E-state index in [2.05, 4.69) is 4.98 Å². The summed E-state index contributed by atoms with van der Waals surface area (Å²) in [4.78, 5) is 16.2. The van der Waals surface area contributed by atoms with Gasteiger partial charge in [0.15, 0.2) is 6.10 Å². The molecular weight excluding hydrogens is 266 g/mol. The average Bonchev–Trinajstić information content (AvgIpc) is 2.30. The van der Waals surface area contributed by atoms with E-state index in [0.29, 0.717) is 16.3 Å². The minimum absolute atomic E-state index is 0.479. The van der Waals surface area contributed by atoms with Gasteiger partial charge < -0.3 is 9.47 Å². The van der Waals surface area contributed by atoms with Crippen LogP contribution in [0.4, 0.5) is 0 Å². The minimum atomic E-state index is -0.870. The van der Waals surface area contributed by atoms with Gasteiger partial charge in [-0.2, -0.15) is 0 Å². The van der Waals surface area contributed by atoms with Crippen molar-refractivity contribution in [3.63, 3.8) is 0 Å². The molecule has 1 aromatic rings. The molecule has 5 heteroatoms. The molecule has 0 spiro atoms. The number of hydrogen-bond acceptors (Lipinski definition) is 4. The van der Waals surface area contributed by atoms with E-state index in [4.69, 9.17) is 21.1 Å². The molecule has 1 unspecified atom stereocenters. The van der Waals surface area contributed by atoms with Gasteiger partial charge in [-0.3, -0.25) is 4.98 Å². The van der Waals surface area contributed by atoms with Crippen LogP contribution < -0.4 is 0 Å². The van der Waals surface area contributed by atoms with Crippen molar-refractivity contribution < 1.29 is 14.3 Å². The number of pyridine rings is 1. The highest BCUT2D eigenvalue weighted by atomic mass is 35.5. The second kappa shape index (κ2) is 5.88. The molecule has 1 aromatic heterocycles. The van der Waals surface area contributed by atoms with E-state index in [9.17, 15) is 4.79 Å². The summed E-state index contributed by atoms with van der Waals surface area (Å²) >= 11 is 6.30. The molecule has 0 amide bonds. The number of aromatic nitrogens is 1. The molecule has 4 nitrogen and oxygen atoms in total. The Hall–Kier alpha value is -1.13. The monoisotopic (exact) mass is 285 g/mol. The highest BCUT2D eigenvalue weighted by molar-refractivity contribution is 6.32. The van der Waals surface area contributed by atoms with E-state index >= 15 is 0 Å². The number of halogens is 1. The molecule has 0 aliphatic carbocycles. The molecule has 0 saturated carbocycles. The molecule has 0 bridgehead atoms. The summed E-state index contributed by atoms with van der Waals surface area (Å²) in [5, 5.41) is 0.493. The van der Waals surface area contributed by atoms with Crippen LogP contribution in [0.15, 0.2) is 6.20 Å². The standard InChI is InChI=1S/C14H20ClNO3/c1-8-7-16-9(2)10(11(8)15)12(13(17)18-6)19-14(3,4)5/h7,12H,1-6H3. The number of carbonyl (C=O) groups excluding carboxylic acids is 1. The molecular formula is C14H20ClNO3. The SMILES string of the molecule is COC(=O)C(OC(C)(C)C)c1c(C)ncc(C)c1Cl. The Bertz CT molecular complexity index is 480. The lowest BCUT2D eigenvalue weighted by Gasteiger charge is -2.27. The highest BCUT2D eigenvalue weighted by Gasteiger charge is 2.31. The van der Waals surface area contributed by atoms with Gasteiger partial charge in [0.05, 0.1) is 17.7 Å². The Morgan fingerprint density at radius 1 is 1.37 bits per heavy atom. The number of hydrogen-bond donors (Lipinski definition) is 0. The third-order valence-corrected chi connectivity index (χ3v) is 3.07. The normalized spacial score (nSPS) is 13.2. The zero-order chi connectivity index (χ0) is 14.8. The number of nitrogens with zero attached hydrogens (tertiary/aromatic N) is 1. The van der Waals surface area contributed by atoms with Crippen molar-refractivity contribution in [3.05, 3.63) is 28.0 Å². The zero-order valence-electron chi connectivity index (χ0n) is 12.2. The van der Waals surface area contributed by atoms with Crippen molar-refractivity contribution >= 4 is 17.6 Å². The molecule has 1 atom stereocenters. The van der Waals surface area contributed by atoms with Gasteiger partial charge in [0.25, 0.3) is 0 Å². The van der Waals surface area contributed by atoms with E-state index in [1.54, 1.807) is 13.1 Å². The third kappa shape index (κ3) is 3.91. The molecule has 1 heterocycles. The number of methoxy groups -OCH3 is 1. The summed E-state index contributed by atoms with van der Waals surface area (Å²) in [6.07, 6.45) is 0.803. The molecule has 0 radical (unpaired) electrons. The van der Waals surface area contributed by atoms with E-state index in [1.807, 2.05) is 27.7 Å². The van der Waals surface area contributed by atoms with Gasteiger partial charge in [-0.1, -0.05) is 11.6 Å². The van der Waals surface area contributed by atoms with Crippen LogP contribution in [-0.2, 0) is 14.3 Å². The van der Waals surface area contributed by atoms with Gasteiger partial charge >= 0.3 is 5.97 Å². The van der Waals surface area contributed by atoms with Crippen LogP contribution in [0.3, 0.4) is 0 Å². The maximum atomic E-state index is 12.0. The Balaban J connectivity index is 3.33. The topological polar surface area (TPSA) is 48.4 Å². The fraction of sp³-hybridized carbons (Fsp3) is 0.571. The number of carbonyl (C=O) groups is 1. The summed E-state index contributed by atoms with van der Waals surface area (Å²) in [6, 6.07) is 0. The Morgan fingerprint density at radius 2 is 1.95 bits per heavy atom. The lowest BCUT2D eigenvalue weighted by molar-refractivity contribution is -0.164. The van der Waals surface area contributed by atoms with Crippen LogP contribution in [0.25, 0.3) is 0 Å². The van der Waals surface area contributed by atoms with E-state index < -0.39 is 17.7 Å². The number of ether oxygens (including phenoxy) is 2. The molecule has 0 aliphatic heterocycles. The largest absolute Gasteiger partial charge is 0.467 e. The molecule has 1 rings (SSSR count). The van der Waals surface area contributed by atoms with Gasteiger partial charge in [-0.25, -0.2) is 4.79 Å². The summed E-state index contributed by atoms with van der Waals surface area (Å²) in [7, 11) is 1.33. The van der Waals surface area contributed by atoms with Crippen molar-refractivity contribution in [3.8, 4) is 0 Å². The fourth-order valence-electron chi connectivity index (χ4n) is 1.68. The zero-order valence-corrected chi connectivity index (χ0v) is 13.0. The molecule has 0 aromatic carbocycles. The first-order chi connectivity index (χ1) is 8.67. The quantitative estimate of drug-likeness (QED) is 0.799. The van der Waals surface area contributed by atoms with Crippen molar-refractivity contribution in [1.82, 2.24) is 4.98 Å². The van der Waals surface area contributed by atoms with Gasteiger partial charge in [0, 0.05) is 17.5 Å². The van der Waals surface area contributed by atoms with E-state index in [-0.39, 0.29) is 0 Å². The van der Waals surface area contributed by atoms with Crippen molar-refractivity contribution in [1.29, 1.82) is 0 Å². The first-order valence-corrected chi connectivity index (χ1v) is 6.42. The van der Waals surface area contributed by atoms with Crippen LogP contribution in [0.1, 0.15) is 43.7 Å². The summed E-state index contributed by atoms with van der Waals surface area (Å²) in [5.74, 6) is -0.479. The molecule has 0 saturated heterocycles. The predicted molar refractivity (Wildman–Crippen MR) is 74.3 cm³/mol. The van der Waals surface area contributed by atoms with Gasteiger partial charge in [-0.15, -0.1) is 0 Å². The number of aryl methyl sites for hydroxylation is 2. The molecule has 0 N–H and O–H groups in total. The molecule has 19 heavy (non-hydrogen) atoms. The average molecular weight is 286 g/mol. The first-order valence-electron chi connectivity index (χ1n) is 6.04. The van der Waals surface area contributed by atoms with Crippen molar-refractivity contribution in [2.45, 2.75) is 46.3 Å². The fourth-order valence-corrected chi connectivity index (χ4v) is 1.97.